The van der Waals surface area contributed by atoms with Crippen LogP contribution in [0.25, 0.3) is 0 Å². The SMILES string of the molecule is CC(=O)N1CC(Nc2cc(C(=O)NC[C@@H](O)[C@@H]3Cc4ccc(O)cc4CN3C(=O)OC(C)(C)C)nc(N3CC4CCC3C4)n2)C1. The second-order valence-corrected chi connectivity index (χ2v) is 13.8. The number of aliphatic hydroxyl groups excluding tert-OH is 1. The molecule has 13 heteroatoms. The van der Waals surface area contributed by atoms with Crippen molar-refractivity contribution in [1.29, 1.82) is 0 Å². The Morgan fingerprint density at radius 2 is 1.87 bits per heavy atom. The van der Waals surface area contributed by atoms with Crippen LogP contribution in [0.1, 0.15) is 68.6 Å². The molecule has 1 aliphatic carbocycles. The number of hydrogen-bond acceptors (Lipinski definition) is 10. The number of phenolic OH excluding ortho intramolecular Hbond substituents is 1. The maximum Gasteiger partial charge on any atom is 0.410 e. The molecule has 3 amide bonds. The number of fused-ring (bicyclic) bond motifs is 3. The van der Waals surface area contributed by atoms with Crippen molar-refractivity contribution in [3.8, 4) is 5.75 Å². The molecule has 0 radical (unpaired) electrons. The van der Waals surface area contributed by atoms with Crippen molar-refractivity contribution in [2.45, 2.75) is 89.8 Å². The highest BCUT2D eigenvalue weighted by atomic mass is 16.6. The molecular weight excluding hydrogens is 578 g/mol. The molecule has 4 atom stereocenters. The van der Waals surface area contributed by atoms with Gasteiger partial charge in [-0.05, 0) is 75.6 Å². The van der Waals surface area contributed by atoms with Crippen molar-refractivity contribution in [3.63, 3.8) is 0 Å². The summed E-state index contributed by atoms with van der Waals surface area (Å²) in [5, 5.41) is 27.5. The number of nitrogens with zero attached hydrogens (tertiary/aromatic N) is 5. The monoisotopic (exact) mass is 621 g/mol. The quantitative estimate of drug-likeness (QED) is 0.361. The van der Waals surface area contributed by atoms with E-state index in [1.165, 1.54) is 11.3 Å². The Labute approximate surface area is 262 Å². The maximum atomic E-state index is 13.5. The molecule has 2 saturated heterocycles. The molecule has 2 aromatic rings. The van der Waals surface area contributed by atoms with Crippen molar-refractivity contribution < 1.29 is 29.3 Å². The summed E-state index contributed by atoms with van der Waals surface area (Å²) in [5.74, 6) is 1.28. The Bertz CT molecular complexity index is 1470. The van der Waals surface area contributed by atoms with Gasteiger partial charge < -0.3 is 35.4 Å². The summed E-state index contributed by atoms with van der Waals surface area (Å²) in [4.78, 5) is 53.2. The maximum absolute atomic E-state index is 13.5. The third kappa shape index (κ3) is 6.77. The van der Waals surface area contributed by atoms with Crippen LogP contribution in [0.5, 0.6) is 5.75 Å². The van der Waals surface area contributed by atoms with E-state index in [9.17, 15) is 24.6 Å². The molecule has 13 nitrogen and oxygen atoms in total. The van der Waals surface area contributed by atoms with Gasteiger partial charge in [-0.1, -0.05) is 6.07 Å². The fourth-order valence-corrected chi connectivity index (χ4v) is 6.84. The van der Waals surface area contributed by atoms with Gasteiger partial charge in [-0.25, -0.2) is 9.78 Å². The topological polar surface area (TPSA) is 160 Å². The Hall–Kier alpha value is -4.13. The Kier molecular flexibility index (Phi) is 8.23. The number of likely N-dealkylation sites (tertiary alicyclic amines) is 1. The summed E-state index contributed by atoms with van der Waals surface area (Å²) in [5.41, 5.74) is 1.11. The van der Waals surface area contributed by atoms with Gasteiger partial charge in [0, 0.05) is 51.8 Å². The third-order valence-corrected chi connectivity index (χ3v) is 9.20. The lowest BCUT2D eigenvalue weighted by Crippen LogP contribution is -2.56. The fourth-order valence-electron chi connectivity index (χ4n) is 6.84. The number of rotatable bonds is 7. The molecule has 1 saturated carbocycles. The first kappa shape index (κ1) is 30.9. The highest BCUT2D eigenvalue weighted by Crippen LogP contribution is 2.39. The van der Waals surface area contributed by atoms with Gasteiger partial charge in [0.25, 0.3) is 5.91 Å². The van der Waals surface area contributed by atoms with E-state index in [1.54, 1.807) is 56.9 Å². The van der Waals surface area contributed by atoms with Gasteiger partial charge >= 0.3 is 6.09 Å². The fraction of sp³-hybridized carbons (Fsp3) is 0.594. The van der Waals surface area contributed by atoms with Crippen LogP contribution in [0.4, 0.5) is 16.6 Å². The smallest absolute Gasteiger partial charge is 0.410 e. The molecule has 6 rings (SSSR count). The number of benzene rings is 1. The van der Waals surface area contributed by atoms with Crippen molar-refractivity contribution >= 4 is 29.7 Å². The lowest BCUT2D eigenvalue weighted by molar-refractivity contribution is -0.132. The van der Waals surface area contributed by atoms with E-state index < -0.39 is 29.7 Å². The van der Waals surface area contributed by atoms with E-state index in [-0.39, 0.29) is 36.5 Å². The molecule has 0 spiro atoms. The molecule has 45 heavy (non-hydrogen) atoms. The van der Waals surface area contributed by atoms with Crippen LogP contribution in [-0.4, -0.2) is 104 Å². The summed E-state index contributed by atoms with van der Waals surface area (Å²) >= 11 is 0. The molecule has 4 aliphatic rings. The second kappa shape index (κ2) is 12.0. The molecule has 3 aliphatic heterocycles. The van der Waals surface area contributed by atoms with E-state index in [0.717, 1.165) is 30.5 Å². The number of nitrogens with one attached hydrogen (secondary N) is 2. The van der Waals surface area contributed by atoms with Crippen LogP contribution in [0.15, 0.2) is 24.3 Å². The zero-order valence-corrected chi connectivity index (χ0v) is 26.3. The van der Waals surface area contributed by atoms with Crippen LogP contribution in [0.2, 0.25) is 0 Å². The molecule has 3 fully saturated rings. The lowest BCUT2D eigenvalue weighted by Gasteiger charge is -2.40. The largest absolute Gasteiger partial charge is 0.508 e. The molecule has 2 unspecified atom stereocenters. The van der Waals surface area contributed by atoms with Crippen LogP contribution in [0.3, 0.4) is 0 Å². The number of aromatic nitrogens is 2. The Morgan fingerprint density at radius 1 is 1.09 bits per heavy atom. The summed E-state index contributed by atoms with van der Waals surface area (Å²) in [6.45, 7) is 8.88. The zero-order valence-electron chi connectivity index (χ0n) is 26.3. The first-order valence-electron chi connectivity index (χ1n) is 15.8. The van der Waals surface area contributed by atoms with Crippen LogP contribution < -0.4 is 15.5 Å². The number of hydrogen-bond donors (Lipinski definition) is 4. The van der Waals surface area contributed by atoms with E-state index >= 15 is 0 Å². The van der Waals surface area contributed by atoms with E-state index in [2.05, 4.69) is 20.5 Å². The van der Waals surface area contributed by atoms with Gasteiger partial charge in [0.2, 0.25) is 11.9 Å². The number of aromatic hydroxyl groups is 1. The first-order valence-corrected chi connectivity index (χ1v) is 15.8. The number of phenols is 1. The number of piperidine rings is 1. The molecule has 4 N–H and O–H groups in total. The number of carbonyl (C=O) groups is 3. The minimum absolute atomic E-state index is 0.0213. The van der Waals surface area contributed by atoms with Crippen LogP contribution in [0, 0.1) is 5.92 Å². The normalized spacial score (nSPS) is 23.3. The number of anilines is 2. The van der Waals surface area contributed by atoms with Gasteiger partial charge in [0.05, 0.1) is 18.2 Å². The molecule has 2 bridgehead atoms. The van der Waals surface area contributed by atoms with Gasteiger partial charge in [0.1, 0.15) is 22.9 Å². The van der Waals surface area contributed by atoms with Crippen LogP contribution in [-0.2, 0) is 22.5 Å². The molecule has 1 aromatic carbocycles. The van der Waals surface area contributed by atoms with Gasteiger partial charge in [0.15, 0.2) is 0 Å². The second-order valence-electron chi connectivity index (χ2n) is 13.8. The molecule has 242 valence electrons. The highest BCUT2D eigenvalue weighted by Gasteiger charge is 2.40. The Morgan fingerprint density at radius 3 is 2.53 bits per heavy atom. The summed E-state index contributed by atoms with van der Waals surface area (Å²) in [6.07, 6.45) is 2.01. The number of amides is 3. The third-order valence-electron chi connectivity index (χ3n) is 9.20. The van der Waals surface area contributed by atoms with Crippen LogP contribution >= 0.6 is 0 Å². The van der Waals surface area contributed by atoms with Gasteiger partial charge in [-0.2, -0.15) is 4.98 Å². The summed E-state index contributed by atoms with van der Waals surface area (Å²) in [7, 11) is 0. The zero-order chi connectivity index (χ0) is 32.0. The number of aliphatic hydroxyl groups is 1. The van der Waals surface area contributed by atoms with Crippen molar-refractivity contribution in [3.05, 3.63) is 41.1 Å². The van der Waals surface area contributed by atoms with Crippen molar-refractivity contribution in [1.82, 2.24) is 25.1 Å². The van der Waals surface area contributed by atoms with E-state index in [0.29, 0.717) is 43.2 Å². The summed E-state index contributed by atoms with van der Waals surface area (Å²) in [6, 6.07) is 6.30. The highest BCUT2D eigenvalue weighted by molar-refractivity contribution is 5.93. The Balaban J connectivity index is 1.18. The van der Waals surface area contributed by atoms with Gasteiger partial charge in [-0.15, -0.1) is 0 Å². The molecular formula is C32H43N7O6. The van der Waals surface area contributed by atoms with Crippen molar-refractivity contribution in [2.75, 3.05) is 36.4 Å². The number of carbonyl (C=O) groups excluding carboxylic acids is 3. The lowest BCUT2D eigenvalue weighted by atomic mass is 9.91. The standard InChI is InChI=1S/C32H43N7O6/c1-18(40)37-16-22(17-37)34-28-12-25(35-30(36-28)38-14-19-5-7-23(38)9-19)29(43)33-13-27(42)26-11-20-6-8-24(41)10-21(20)15-39(26)31(44)45-32(2,3)4/h6,8,10,12,19,22-23,26-27,41-42H,5,7,9,11,13-17H2,1-4H3,(H,33,43)(H,34,35,36)/t19?,23?,26-,27+/m0/s1. The predicted molar refractivity (Wildman–Crippen MR) is 166 cm³/mol. The number of ether oxygens (including phenoxy) is 1. The van der Waals surface area contributed by atoms with Crippen molar-refractivity contribution in [2.24, 2.45) is 5.92 Å². The molecule has 1 aromatic heterocycles. The average molecular weight is 622 g/mol. The average Bonchev–Trinajstić information content (AvgIpc) is 3.59. The van der Waals surface area contributed by atoms with E-state index in [4.69, 9.17) is 9.72 Å². The minimum atomic E-state index is -1.11. The summed E-state index contributed by atoms with van der Waals surface area (Å²) < 4.78 is 5.63. The van der Waals surface area contributed by atoms with Gasteiger partial charge in [-0.3, -0.25) is 14.5 Å². The molecule has 4 heterocycles. The first-order chi connectivity index (χ1) is 21.3. The van der Waals surface area contributed by atoms with E-state index in [1.807, 2.05) is 0 Å². The minimum Gasteiger partial charge on any atom is -0.508 e. The predicted octanol–water partition coefficient (Wildman–Crippen LogP) is 2.27.